The van der Waals surface area contributed by atoms with Crippen molar-refractivity contribution in [2.75, 3.05) is 6.54 Å². The zero-order chi connectivity index (χ0) is 17.6. The van der Waals surface area contributed by atoms with Crippen LogP contribution in [0.3, 0.4) is 0 Å². The van der Waals surface area contributed by atoms with Crippen LogP contribution in [-0.2, 0) is 10.3 Å². The Bertz CT molecular complexity index is 828. The molecule has 2 heterocycles. The molecular weight excluding hydrogens is 308 g/mol. The Hall–Kier alpha value is -2.44. The van der Waals surface area contributed by atoms with Crippen molar-refractivity contribution in [1.29, 1.82) is 0 Å². The number of carbonyl (C=O) groups excluding carboxylic acids is 1. The lowest BCUT2D eigenvalue weighted by molar-refractivity contribution is -0.135. The van der Waals surface area contributed by atoms with Crippen LogP contribution in [-0.4, -0.2) is 38.3 Å². The molecule has 3 rings (SSSR count). The number of carboxylic acid groups (broad SMARTS) is 1. The number of hydrogen-bond donors (Lipinski definition) is 2. The minimum atomic E-state index is -1.07. The molecule has 1 fully saturated rings. The summed E-state index contributed by atoms with van der Waals surface area (Å²) in [4.78, 5) is 28.0. The molecular formula is C17H22N4O3. The van der Waals surface area contributed by atoms with Crippen molar-refractivity contribution in [3.8, 4) is 0 Å². The summed E-state index contributed by atoms with van der Waals surface area (Å²) in [6, 6.07) is 1.79. The van der Waals surface area contributed by atoms with E-state index in [2.05, 4.69) is 10.4 Å². The van der Waals surface area contributed by atoms with Gasteiger partial charge in [0.2, 0.25) is 0 Å². The molecule has 2 aromatic heterocycles. The molecule has 1 amide bonds. The highest BCUT2D eigenvalue weighted by Gasteiger charge is 2.30. The number of nitrogens with one attached hydrogen (secondary N) is 1. The minimum absolute atomic E-state index is 0.267. The van der Waals surface area contributed by atoms with Crippen LogP contribution in [0.25, 0.3) is 11.0 Å². The summed E-state index contributed by atoms with van der Waals surface area (Å²) in [5.74, 6) is -1.09. The summed E-state index contributed by atoms with van der Waals surface area (Å²) < 4.78 is 1.84. The molecule has 24 heavy (non-hydrogen) atoms. The second-order valence-corrected chi connectivity index (χ2v) is 7.31. The molecule has 0 spiro atoms. The number of aromatic nitrogens is 3. The standard InChI is InChI=1S/C17H22N4O3/c1-9-14-11(16(24)18-8-13(22)23)7-12(10-5-6-10)19-15(14)21(20-9)17(2,3)4/h7,10H,5-6,8H2,1-4H3,(H,18,24)(H,22,23). The number of hydrogen-bond acceptors (Lipinski definition) is 4. The van der Waals surface area contributed by atoms with E-state index in [1.54, 1.807) is 6.07 Å². The van der Waals surface area contributed by atoms with Crippen LogP contribution in [0.15, 0.2) is 6.07 Å². The number of rotatable bonds is 4. The Balaban J connectivity index is 2.18. The Kier molecular flexibility index (Phi) is 3.81. The molecule has 1 saturated carbocycles. The molecule has 0 aromatic carbocycles. The van der Waals surface area contributed by atoms with Gasteiger partial charge >= 0.3 is 5.97 Å². The lowest BCUT2D eigenvalue weighted by atomic mass is 10.1. The molecule has 1 aliphatic rings. The van der Waals surface area contributed by atoms with Gasteiger partial charge in [-0.25, -0.2) is 9.67 Å². The van der Waals surface area contributed by atoms with Gasteiger partial charge < -0.3 is 10.4 Å². The van der Waals surface area contributed by atoms with E-state index in [9.17, 15) is 9.59 Å². The van der Waals surface area contributed by atoms with Crippen molar-refractivity contribution >= 4 is 22.9 Å². The van der Waals surface area contributed by atoms with E-state index in [4.69, 9.17) is 10.1 Å². The predicted molar refractivity (Wildman–Crippen MR) is 89.2 cm³/mol. The van der Waals surface area contributed by atoms with Gasteiger partial charge in [0.1, 0.15) is 6.54 Å². The Labute approximate surface area is 140 Å². The Morgan fingerprint density at radius 1 is 1.38 bits per heavy atom. The molecule has 2 N–H and O–H groups in total. The number of aliphatic carboxylic acids is 1. The van der Waals surface area contributed by atoms with E-state index >= 15 is 0 Å². The summed E-state index contributed by atoms with van der Waals surface area (Å²) >= 11 is 0. The SMILES string of the molecule is Cc1nn(C(C)(C)C)c2nc(C3CC3)cc(C(=O)NCC(=O)O)c12. The van der Waals surface area contributed by atoms with Crippen LogP contribution in [0.2, 0.25) is 0 Å². The molecule has 0 atom stereocenters. The first-order valence-electron chi connectivity index (χ1n) is 8.09. The van der Waals surface area contributed by atoms with Crippen LogP contribution in [0.4, 0.5) is 0 Å². The van der Waals surface area contributed by atoms with Crippen LogP contribution >= 0.6 is 0 Å². The summed E-state index contributed by atoms with van der Waals surface area (Å²) in [7, 11) is 0. The third kappa shape index (κ3) is 2.98. The number of fused-ring (bicyclic) bond motifs is 1. The van der Waals surface area contributed by atoms with Crippen LogP contribution in [0, 0.1) is 6.92 Å². The van der Waals surface area contributed by atoms with Gasteiger partial charge in [0.25, 0.3) is 5.91 Å². The van der Waals surface area contributed by atoms with E-state index in [-0.39, 0.29) is 5.54 Å². The summed E-state index contributed by atoms with van der Waals surface area (Å²) in [5.41, 5.74) is 2.47. The van der Waals surface area contributed by atoms with Crippen molar-refractivity contribution in [1.82, 2.24) is 20.1 Å². The zero-order valence-electron chi connectivity index (χ0n) is 14.4. The summed E-state index contributed by atoms with van der Waals surface area (Å²) in [5, 5.41) is 16.5. The molecule has 128 valence electrons. The van der Waals surface area contributed by atoms with E-state index in [0.29, 0.717) is 22.5 Å². The molecule has 0 bridgehead atoms. The fourth-order valence-electron chi connectivity index (χ4n) is 2.79. The van der Waals surface area contributed by atoms with Crippen molar-refractivity contribution in [3.63, 3.8) is 0 Å². The maximum Gasteiger partial charge on any atom is 0.322 e. The van der Waals surface area contributed by atoms with Crippen LogP contribution < -0.4 is 5.32 Å². The van der Waals surface area contributed by atoms with Gasteiger partial charge in [-0.2, -0.15) is 5.10 Å². The fourth-order valence-corrected chi connectivity index (χ4v) is 2.79. The van der Waals surface area contributed by atoms with Gasteiger partial charge in [-0.3, -0.25) is 9.59 Å². The van der Waals surface area contributed by atoms with E-state index < -0.39 is 18.4 Å². The average molecular weight is 330 g/mol. The molecule has 0 radical (unpaired) electrons. The van der Waals surface area contributed by atoms with Gasteiger partial charge in [0.05, 0.1) is 22.2 Å². The molecule has 7 nitrogen and oxygen atoms in total. The quantitative estimate of drug-likeness (QED) is 0.895. The van der Waals surface area contributed by atoms with E-state index in [1.807, 2.05) is 32.4 Å². The molecule has 0 unspecified atom stereocenters. The number of nitrogens with zero attached hydrogens (tertiary/aromatic N) is 3. The fraction of sp³-hybridized carbons (Fsp3) is 0.529. The second kappa shape index (κ2) is 5.58. The van der Waals surface area contributed by atoms with Crippen molar-refractivity contribution < 1.29 is 14.7 Å². The average Bonchev–Trinajstić information content (AvgIpc) is 3.27. The van der Waals surface area contributed by atoms with Crippen molar-refractivity contribution in [2.24, 2.45) is 0 Å². The normalized spacial score (nSPS) is 14.8. The third-order valence-corrected chi connectivity index (χ3v) is 4.11. The zero-order valence-corrected chi connectivity index (χ0v) is 14.4. The molecule has 2 aromatic rings. The molecule has 0 aliphatic heterocycles. The number of pyridine rings is 1. The Morgan fingerprint density at radius 2 is 2.04 bits per heavy atom. The van der Waals surface area contributed by atoms with E-state index in [0.717, 1.165) is 24.2 Å². The largest absolute Gasteiger partial charge is 0.480 e. The van der Waals surface area contributed by atoms with Crippen molar-refractivity contribution in [3.05, 3.63) is 23.0 Å². The second-order valence-electron chi connectivity index (χ2n) is 7.31. The Morgan fingerprint density at radius 3 is 2.58 bits per heavy atom. The smallest absolute Gasteiger partial charge is 0.322 e. The van der Waals surface area contributed by atoms with Gasteiger partial charge in [-0.05, 0) is 46.6 Å². The number of aryl methyl sites for hydroxylation is 1. The number of carbonyl (C=O) groups is 2. The summed E-state index contributed by atoms with van der Waals surface area (Å²) in [6.45, 7) is 7.54. The predicted octanol–water partition coefficient (Wildman–Crippen LogP) is 2.19. The first kappa shape index (κ1) is 16.4. The minimum Gasteiger partial charge on any atom is -0.480 e. The lowest BCUT2D eigenvalue weighted by Crippen LogP contribution is -2.29. The van der Waals surface area contributed by atoms with Crippen LogP contribution in [0.1, 0.15) is 61.3 Å². The van der Waals surface area contributed by atoms with Gasteiger partial charge in [0.15, 0.2) is 5.65 Å². The molecule has 1 aliphatic carbocycles. The summed E-state index contributed by atoms with van der Waals surface area (Å²) in [6.07, 6.45) is 2.13. The highest BCUT2D eigenvalue weighted by atomic mass is 16.4. The molecule has 0 saturated heterocycles. The first-order chi connectivity index (χ1) is 11.2. The highest BCUT2D eigenvalue weighted by Crippen LogP contribution is 2.40. The van der Waals surface area contributed by atoms with E-state index in [1.165, 1.54) is 0 Å². The maximum absolute atomic E-state index is 12.5. The highest BCUT2D eigenvalue weighted by molar-refractivity contribution is 6.07. The van der Waals surface area contributed by atoms with Gasteiger partial charge in [-0.15, -0.1) is 0 Å². The first-order valence-corrected chi connectivity index (χ1v) is 8.09. The maximum atomic E-state index is 12.5. The topological polar surface area (TPSA) is 97.1 Å². The monoisotopic (exact) mass is 330 g/mol. The van der Waals surface area contributed by atoms with Gasteiger partial charge in [-0.1, -0.05) is 0 Å². The van der Waals surface area contributed by atoms with Crippen molar-refractivity contribution in [2.45, 2.75) is 52.0 Å². The van der Waals surface area contributed by atoms with Crippen LogP contribution in [0.5, 0.6) is 0 Å². The third-order valence-electron chi connectivity index (χ3n) is 4.11. The molecule has 7 heteroatoms. The number of amides is 1. The van der Waals surface area contributed by atoms with Gasteiger partial charge in [0, 0.05) is 11.6 Å². The number of carboxylic acids is 1. The lowest BCUT2D eigenvalue weighted by Gasteiger charge is -2.20.